The van der Waals surface area contributed by atoms with Crippen LogP contribution in [0.15, 0.2) is 36.5 Å². The van der Waals surface area contributed by atoms with Gasteiger partial charge >= 0.3 is 17.9 Å². The Morgan fingerprint density at radius 3 is 0.695 bits per heavy atom. The Labute approximate surface area is 512 Å². The van der Waals surface area contributed by atoms with Crippen molar-refractivity contribution >= 4 is 17.9 Å². The van der Waals surface area contributed by atoms with Gasteiger partial charge in [-0.1, -0.05) is 353 Å². The number of rotatable bonds is 69. The van der Waals surface area contributed by atoms with Crippen molar-refractivity contribution in [2.45, 2.75) is 419 Å². The second kappa shape index (κ2) is 71.1. The van der Waals surface area contributed by atoms with E-state index in [-0.39, 0.29) is 31.1 Å². The molecule has 0 aromatic carbocycles. The molecule has 82 heavy (non-hydrogen) atoms. The average molecular weight is 1150 g/mol. The van der Waals surface area contributed by atoms with E-state index in [0.717, 1.165) is 70.6 Å². The van der Waals surface area contributed by atoms with Crippen molar-refractivity contribution in [1.82, 2.24) is 0 Å². The number of carbonyl (C=O) groups excluding carboxylic acids is 3. The molecule has 1 unspecified atom stereocenters. The third-order valence-corrected chi connectivity index (χ3v) is 16.9. The van der Waals surface area contributed by atoms with Gasteiger partial charge in [0.05, 0.1) is 0 Å². The van der Waals surface area contributed by atoms with Crippen molar-refractivity contribution < 1.29 is 28.6 Å². The van der Waals surface area contributed by atoms with E-state index in [1.807, 2.05) is 0 Å². The highest BCUT2D eigenvalue weighted by Crippen LogP contribution is 2.19. The van der Waals surface area contributed by atoms with Gasteiger partial charge in [-0.2, -0.15) is 0 Å². The molecular weight excluding hydrogens is 1010 g/mol. The smallest absolute Gasteiger partial charge is 0.306 e. The Morgan fingerprint density at radius 2 is 0.439 bits per heavy atom. The number of carbonyl (C=O) groups is 3. The molecule has 0 N–H and O–H groups in total. The van der Waals surface area contributed by atoms with E-state index in [1.165, 1.54) is 302 Å². The van der Waals surface area contributed by atoms with E-state index < -0.39 is 6.10 Å². The van der Waals surface area contributed by atoms with Gasteiger partial charge in [-0.05, 0) is 77.0 Å². The summed E-state index contributed by atoms with van der Waals surface area (Å²) in [5.74, 6) is -0.846. The minimum atomic E-state index is -0.773. The molecule has 0 aliphatic rings. The van der Waals surface area contributed by atoms with E-state index in [2.05, 4.69) is 57.2 Å². The summed E-state index contributed by atoms with van der Waals surface area (Å²) in [5, 5.41) is 0. The lowest BCUT2D eigenvalue weighted by Crippen LogP contribution is -2.30. The fraction of sp³-hybridized carbons (Fsp3) is 0.882. The van der Waals surface area contributed by atoms with Crippen molar-refractivity contribution in [2.75, 3.05) is 13.2 Å². The lowest BCUT2D eigenvalue weighted by molar-refractivity contribution is -0.167. The molecule has 0 spiro atoms. The first-order valence-corrected chi connectivity index (χ1v) is 37.0. The van der Waals surface area contributed by atoms with Gasteiger partial charge in [-0.3, -0.25) is 14.4 Å². The molecule has 1 atom stereocenters. The molecule has 0 amide bonds. The standard InChI is InChI=1S/C76H142O6/c1-4-7-10-13-16-19-22-25-27-29-31-33-35-36-37-38-39-40-41-43-44-46-48-51-54-57-60-63-66-69-75(78)81-72-73(71-80-74(77)68-65-62-59-56-53-50-24-21-18-15-12-9-6-3)82-76(79)70-67-64-61-58-55-52-49-47-45-42-34-32-30-28-26-23-20-17-14-11-8-5-2/h21-22,24-25,29,31,73H,4-20,23,26-28,30,32-72H2,1-3H3/b24-21-,25-22-,31-29-. The van der Waals surface area contributed by atoms with Crippen molar-refractivity contribution in [3.05, 3.63) is 36.5 Å². The molecule has 0 heterocycles. The van der Waals surface area contributed by atoms with Crippen LogP contribution in [0.3, 0.4) is 0 Å². The van der Waals surface area contributed by atoms with E-state index in [9.17, 15) is 14.4 Å². The Balaban J connectivity index is 4.18. The van der Waals surface area contributed by atoms with Gasteiger partial charge < -0.3 is 14.2 Å². The molecule has 482 valence electrons. The Bertz CT molecular complexity index is 1370. The molecule has 0 aromatic rings. The van der Waals surface area contributed by atoms with Gasteiger partial charge in [0.25, 0.3) is 0 Å². The number of hydrogen-bond donors (Lipinski definition) is 0. The van der Waals surface area contributed by atoms with Crippen LogP contribution in [0.4, 0.5) is 0 Å². The summed E-state index contributed by atoms with van der Waals surface area (Å²) in [4.78, 5) is 38.5. The molecule has 0 aliphatic heterocycles. The van der Waals surface area contributed by atoms with Crippen LogP contribution in [0.2, 0.25) is 0 Å². The highest BCUT2D eigenvalue weighted by molar-refractivity contribution is 5.71. The quantitative estimate of drug-likeness (QED) is 0.0261. The van der Waals surface area contributed by atoms with Crippen molar-refractivity contribution in [3.63, 3.8) is 0 Å². The summed E-state index contributed by atoms with van der Waals surface area (Å²) in [5.41, 5.74) is 0. The van der Waals surface area contributed by atoms with Crippen molar-refractivity contribution in [3.8, 4) is 0 Å². The minimum Gasteiger partial charge on any atom is -0.462 e. The summed E-state index contributed by atoms with van der Waals surface area (Å²) in [6.45, 7) is 6.69. The van der Waals surface area contributed by atoms with Crippen LogP contribution in [0.1, 0.15) is 412 Å². The van der Waals surface area contributed by atoms with E-state index in [0.29, 0.717) is 19.3 Å². The first-order valence-electron chi connectivity index (χ1n) is 37.0. The molecule has 6 heteroatoms. The lowest BCUT2D eigenvalue weighted by atomic mass is 10.0. The second-order valence-corrected chi connectivity index (χ2v) is 25.2. The molecule has 6 nitrogen and oxygen atoms in total. The minimum absolute atomic E-state index is 0.0688. The zero-order chi connectivity index (χ0) is 59.2. The number of allylic oxidation sites excluding steroid dienone is 6. The highest BCUT2D eigenvalue weighted by atomic mass is 16.6. The van der Waals surface area contributed by atoms with Crippen LogP contribution in [-0.4, -0.2) is 37.2 Å². The fourth-order valence-electron chi connectivity index (χ4n) is 11.3. The predicted molar refractivity (Wildman–Crippen MR) is 358 cm³/mol. The SMILES string of the molecule is CCCCCC/C=C\CCCCCCCC(=O)OCC(COC(=O)CCCCCCCCCCCCCCCCCCC/C=C\C/C=C\CCCCCCC)OC(=O)CCCCCCCCCCCCCCCCCCCCCCCC. The zero-order valence-electron chi connectivity index (χ0n) is 55.5. The summed E-state index contributed by atoms with van der Waals surface area (Å²) >= 11 is 0. The van der Waals surface area contributed by atoms with Crippen LogP contribution in [0.5, 0.6) is 0 Å². The van der Waals surface area contributed by atoms with Gasteiger partial charge in [-0.15, -0.1) is 0 Å². The van der Waals surface area contributed by atoms with E-state index in [4.69, 9.17) is 14.2 Å². The Morgan fingerprint density at radius 1 is 0.244 bits per heavy atom. The maximum Gasteiger partial charge on any atom is 0.306 e. The van der Waals surface area contributed by atoms with Crippen molar-refractivity contribution in [1.29, 1.82) is 0 Å². The summed E-state index contributed by atoms with van der Waals surface area (Å²) < 4.78 is 17.0. The number of esters is 3. The van der Waals surface area contributed by atoms with Crippen molar-refractivity contribution in [2.24, 2.45) is 0 Å². The number of hydrogen-bond acceptors (Lipinski definition) is 6. The van der Waals surface area contributed by atoms with Gasteiger partial charge in [-0.25, -0.2) is 0 Å². The van der Waals surface area contributed by atoms with E-state index >= 15 is 0 Å². The molecule has 0 aromatic heterocycles. The molecule has 0 radical (unpaired) electrons. The maximum absolute atomic E-state index is 13.0. The topological polar surface area (TPSA) is 78.9 Å². The van der Waals surface area contributed by atoms with Crippen LogP contribution in [-0.2, 0) is 28.6 Å². The monoisotopic (exact) mass is 1150 g/mol. The van der Waals surface area contributed by atoms with E-state index in [1.54, 1.807) is 0 Å². The number of unbranched alkanes of at least 4 members (excludes halogenated alkanes) is 52. The first-order chi connectivity index (χ1) is 40.5. The van der Waals surface area contributed by atoms with Crippen LogP contribution >= 0.6 is 0 Å². The molecular formula is C76H142O6. The van der Waals surface area contributed by atoms with Gasteiger partial charge in [0.2, 0.25) is 0 Å². The summed E-state index contributed by atoms with van der Waals surface area (Å²) in [6, 6.07) is 0. The maximum atomic E-state index is 13.0. The van der Waals surface area contributed by atoms with Crippen LogP contribution in [0, 0.1) is 0 Å². The molecule has 0 saturated heterocycles. The molecule has 0 bridgehead atoms. The Kier molecular flexibility index (Phi) is 69.1. The second-order valence-electron chi connectivity index (χ2n) is 25.2. The van der Waals surface area contributed by atoms with Gasteiger partial charge in [0.1, 0.15) is 13.2 Å². The van der Waals surface area contributed by atoms with Gasteiger partial charge in [0, 0.05) is 19.3 Å². The summed E-state index contributed by atoms with van der Waals surface area (Å²) in [6.07, 6.45) is 89.0. The van der Waals surface area contributed by atoms with Crippen LogP contribution in [0.25, 0.3) is 0 Å². The normalized spacial score (nSPS) is 12.2. The number of ether oxygens (including phenoxy) is 3. The molecule has 0 fully saturated rings. The van der Waals surface area contributed by atoms with Crippen LogP contribution < -0.4 is 0 Å². The zero-order valence-corrected chi connectivity index (χ0v) is 55.5. The third kappa shape index (κ3) is 68.4. The lowest BCUT2D eigenvalue weighted by Gasteiger charge is -2.18. The predicted octanol–water partition coefficient (Wildman–Crippen LogP) is 25.5. The summed E-state index contributed by atoms with van der Waals surface area (Å²) in [7, 11) is 0. The molecule has 0 rings (SSSR count). The van der Waals surface area contributed by atoms with Gasteiger partial charge in [0.15, 0.2) is 6.10 Å². The first kappa shape index (κ1) is 79.6. The third-order valence-electron chi connectivity index (χ3n) is 16.9. The highest BCUT2D eigenvalue weighted by Gasteiger charge is 2.19. The molecule has 0 saturated carbocycles. The average Bonchev–Trinajstić information content (AvgIpc) is 3.48. The Hall–Kier alpha value is -2.37. The molecule has 0 aliphatic carbocycles. The fourth-order valence-corrected chi connectivity index (χ4v) is 11.3. The largest absolute Gasteiger partial charge is 0.462 e.